The molecule has 19 heavy (non-hydrogen) atoms. The van der Waals surface area contributed by atoms with Crippen molar-refractivity contribution in [2.24, 2.45) is 0 Å². The number of allylic oxidation sites excluding steroid dienone is 2. The Kier molecular flexibility index (Phi) is 5.16. The van der Waals surface area contributed by atoms with E-state index in [-0.39, 0.29) is 0 Å². The van der Waals surface area contributed by atoms with Crippen molar-refractivity contribution in [3.05, 3.63) is 48.2 Å². The molecule has 0 aliphatic carbocycles. The Labute approximate surface area is 119 Å². The molecule has 0 saturated heterocycles. The number of hydrogen-bond acceptors (Lipinski definition) is 3. The third-order valence-electron chi connectivity index (χ3n) is 2.83. The van der Waals surface area contributed by atoms with Crippen LogP contribution in [0.2, 0.25) is 0 Å². The Morgan fingerprint density at radius 2 is 2.16 bits per heavy atom. The van der Waals surface area contributed by atoms with Gasteiger partial charge in [-0.25, -0.2) is 0 Å². The minimum absolute atomic E-state index is 0.468. The third kappa shape index (κ3) is 3.93. The maximum Gasteiger partial charge on any atom is 0.161 e. The number of halogens is 1. The van der Waals surface area contributed by atoms with Gasteiger partial charge in [-0.05, 0) is 30.0 Å². The summed E-state index contributed by atoms with van der Waals surface area (Å²) in [7, 11) is 1.65. The monoisotopic (exact) mass is 279 g/mol. The van der Waals surface area contributed by atoms with Gasteiger partial charge in [-0.3, -0.25) is 0 Å². The molecule has 0 fully saturated rings. The van der Waals surface area contributed by atoms with E-state index < -0.39 is 0 Å². The van der Waals surface area contributed by atoms with Crippen molar-refractivity contribution < 1.29 is 9.47 Å². The average molecular weight is 280 g/mol. The fraction of sp³-hybridized carbons (Fsp3) is 0.333. The molecule has 1 aliphatic heterocycles. The molecule has 1 aromatic rings. The van der Waals surface area contributed by atoms with Crippen LogP contribution in [-0.2, 0) is 6.54 Å². The maximum atomic E-state index is 5.62. The summed E-state index contributed by atoms with van der Waals surface area (Å²) in [5.41, 5.74) is 1.19. The molecule has 0 N–H and O–H groups in total. The van der Waals surface area contributed by atoms with Crippen LogP contribution in [0.15, 0.2) is 42.6 Å². The first kappa shape index (κ1) is 13.8. The van der Waals surface area contributed by atoms with E-state index in [2.05, 4.69) is 29.3 Å². The summed E-state index contributed by atoms with van der Waals surface area (Å²) in [5.74, 6) is 1.95. The molecule has 2 rings (SSSR count). The Balaban J connectivity index is 2.05. The van der Waals surface area contributed by atoms with Crippen LogP contribution in [0.25, 0.3) is 0 Å². The van der Waals surface area contributed by atoms with Gasteiger partial charge in [0.1, 0.15) is 6.61 Å². The summed E-state index contributed by atoms with van der Waals surface area (Å²) < 4.78 is 10.9. The predicted molar refractivity (Wildman–Crippen MR) is 77.9 cm³/mol. The van der Waals surface area contributed by atoms with Gasteiger partial charge >= 0.3 is 0 Å². The summed E-state index contributed by atoms with van der Waals surface area (Å²) in [6, 6.07) is 6.00. The predicted octanol–water partition coefficient (Wildman–Crippen LogP) is 3.20. The normalized spacial score (nSPS) is 13.7. The molecular formula is C15H18ClNO2. The third-order valence-corrected chi connectivity index (χ3v) is 2.99. The smallest absolute Gasteiger partial charge is 0.161 e. The highest BCUT2D eigenvalue weighted by Crippen LogP contribution is 2.28. The van der Waals surface area contributed by atoms with Crippen molar-refractivity contribution in [3.8, 4) is 11.5 Å². The van der Waals surface area contributed by atoms with Gasteiger partial charge in [-0.1, -0.05) is 18.2 Å². The lowest BCUT2D eigenvalue weighted by Gasteiger charge is -2.21. The van der Waals surface area contributed by atoms with Gasteiger partial charge in [0, 0.05) is 13.1 Å². The van der Waals surface area contributed by atoms with Crippen molar-refractivity contribution >= 4 is 11.6 Å². The molecule has 0 unspecified atom stereocenters. The Morgan fingerprint density at radius 1 is 1.26 bits per heavy atom. The van der Waals surface area contributed by atoms with E-state index >= 15 is 0 Å². The topological polar surface area (TPSA) is 21.7 Å². The van der Waals surface area contributed by atoms with Gasteiger partial charge in [0.15, 0.2) is 11.5 Å². The molecule has 1 aliphatic rings. The highest BCUT2D eigenvalue weighted by molar-refractivity contribution is 6.18. The van der Waals surface area contributed by atoms with Crippen LogP contribution in [0.4, 0.5) is 0 Å². The lowest BCUT2D eigenvalue weighted by Crippen LogP contribution is -2.18. The zero-order valence-electron chi connectivity index (χ0n) is 11.0. The number of alkyl halides is 1. The van der Waals surface area contributed by atoms with E-state index in [0.29, 0.717) is 12.5 Å². The van der Waals surface area contributed by atoms with Crippen LogP contribution in [-0.4, -0.2) is 31.0 Å². The Hall–Kier alpha value is -1.61. The van der Waals surface area contributed by atoms with Gasteiger partial charge in [-0.15, -0.1) is 11.6 Å². The minimum Gasteiger partial charge on any atom is -0.493 e. The van der Waals surface area contributed by atoms with Crippen LogP contribution in [0, 0.1) is 0 Å². The largest absolute Gasteiger partial charge is 0.493 e. The molecule has 0 aromatic heterocycles. The van der Waals surface area contributed by atoms with Crippen LogP contribution < -0.4 is 9.47 Å². The van der Waals surface area contributed by atoms with E-state index in [4.69, 9.17) is 21.1 Å². The summed E-state index contributed by atoms with van der Waals surface area (Å²) >= 11 is 5.62. The van der Waals surface area contributed by atoms with Gasteiger partial charge in [-0.2, -0.15) is 0 Å². The second-order valence-electron chi connectivity index (χ2n) is 4.22. The first-order valence-electron chi connectivity index (χ1n) is 6.26. The molecular weight excluding hydrogens is 262 g/mol. The number of hydrogen-bond donors (Lipinski definition) is 0. The van der Waals surface area contributed by atoms with Crippen molar-refractivity contribution in [1.82, 2.24) is 4.90 Å². The second kappa shape index (κ2) is 7.10. The number of rotatable bonds is 6. The zero-order valence-corrected chi connectivity index (χ0v) is 11.8. The SMILES string of the molecule is COc1cc(CN2C=CC=CC2)ccc1OCCCl. The molecule has 0 amide bonds. The molecule has 0 spiro atoms. The van der Waals surface area contributed by atoms with E-state index in [0.717, 1.165) is 24.6 Å². The lowest BCUT2D eigenvalue weighted by molar-refractivity contribution is 0.312. The van der Waals surface area contributed by atoms with E-state index in [9.17, 15) is 0 Å². The second-order valence-corrected chi connectivity index (χ2v) is 4.60. The summed E-state index contributed by atoms with van der Waals surface area (Å²) in [6.07, 6.45) is 8.32. The molecule has 0 saturated carbocycles. The van der Waals surface area contributed by atoms with Gasteiger partial charge < -0.3 is 14.4 Å². The quantitative estimate of drug-likeness (QED) is 0.747. The Bertz CT molecular complexity index is 471. The molecule has 1 aromatic carbocycles. The zero-order chi connectivity index (χ0) is 13.5. The van der Waals surface area contributed by atoms with Gasteiger partial charge in [0.2, 0.25) is 0 Å². The van der Waals surface area contributed by atoms with E-state index in [1.165, 1.54) is 5.56 Å². The molecule has 4 heteroatoms. The summed E-state index contributed by atoms with van der Waals surface area (Å²) in [5, 5.41) is 0. The Morgan fingerprint density at radius 3 is 2.84 bits per heavy atom. The average Bonchev–Trinajstić information content (AvgIpc) is 2.47. The van der Waals surface area contributed by atoms with Crippen molar-refractivity contribution in [1.29, 1.82) is 0 Å². The molecule has 0 bridgehead atoms. The molecule has 1 heterocycles. The lowest BCUT2D eigenvalue weighted by atomic mass is 10.2. The van der Waals surface area contributed by atoms with Gasteiger partial charge in [0.05, 0.1) is 13.0 Å². The van der Waals surface area contributed by atoms with Crippen LogP contribution in [0.1, 0.15) is 5.56 Å². The number of ether oxygens (including phenoxy) is 2. The molecule has 102 valence electrons. The molecule has 0 atom stereocenters. The van der Waals surface area contributed by atoms with Crippen molar-refractivity contribution in [2.45, 2.75) is 6.54 Å². The van der Waals surface area contributed by atoms with Crippen molar-refractivity contribution in [2.75, 3.05) is 26.1 Å². The molecule has 0 radical (unpaired) electrons. The number of nitrogens with zero attached hydrogens (tertiary/aromatic N) is 1. The van der Waals surface area contributed by atoms with Gasteiger partial charge in [0.25, 0.3) is 0 Å². The summed E-state index contributed by atoms with van der Waals surface area (Å²) in [6.45, 7) is 2.27. The standard InChI is InChI=1S/C15H18ClNO2/c1-18-15-11-13(5-6-14(15)19-10-7-16)12-17-8-3-2-4-9-17/h2-6,8,11H,7,9-10,12H2,1H3. The maximum absolute atomic E-state index is 5.62. The van der Waals surface area contributed by atoms with Crippen LogP contribution in [0.5, 0.6) is 11.5 Å². The minimum atomic E-state index is 0.468. The number of benzene rings is 1. The first-order chi connectivity index (χ1) is 9.33. The fourth-order valence-electron chi connectivity index (χ4n) is 1.94. The fourth-order valence-corrected chi connectivity index (χ4v) is 2.01. The first-order valence-corrected chi connectivity index (χ1v) is 6.80. The van der Waals surface area contributed by atoms with E-state index in [1.807, 2.05) is 18.2 Å². The highest BCUT2D eigenvalue weighted by atomic mass is 35.5. The summed E-state index contributed by atoms with van der Waals surface area (Å²) in [4.78, 5) is 2.23. The number of methoxy groups -OCH3 is 1. The van der Waals surface area contributed by atoms with E-state index in [1.54, 1.807) is 7.11 Å². The highest BCUT2D eigenvalue weighted by Gasteiger charge is 2.08. The van der Waals surface area contributed by atoms with Crippen LogP contribution >= 0.6 is 11.6 Å². The van der Waals surface area contributed by atoms with Crippen molar-refractivity contribution in [3.63, 3.8) is 0 Å². The van der Waals surface area contributed by atoms with Crippen LogP contribution in [0.3, 0.4) is 0 Å². The molecule has 3 nitrogen and oxygen atoms in total.